The summed E-state index contributed by atoms with van der Waals surface area (Å²) in [5.74, 6) is 1.34. The summed E-state index contributed by atoms with van der Waals surface area (Å²) in [5.41, 5.74) is 3.89. The number of piperidine rings is 1. The number of carbonyl (C=O) groups is 1. The number of imidazole rings is 1. The van der Waals surface area contributed by atoms with E-state index in [1.54, 1.807) is 24.1 Å². The monoisotopic (exact) mass is 458 g/mol. The predicted octanol–water partition coefficient (Wildman–Crippen LogP) is 5.87. The van der Waals surface area contributed by atoms with Crippen LogP contribution in [0, 0.1) is 12.7 Å². The van der Waals surface area contributed by atoms with Gasteiger partial charge in [0.2, 0.25) is 0 Å². The fraction of sp³-hybridized carbons (Fsp3) is 0.259. The van der Waals surface area contributed by atoms with Gasteiger partial charge in [-0.2, -0.15) is 0 Å². The van der Waals surface area contributed by atoms with Gasteiger partial charge in [0.05, 0.1) is 24.0 Å². The lowest BCUT2D eigenvalue weighted by Gasteiger charge is -2.32. The van der Waals surface area contributed by atoms with Crippen molar-refractivity contribution in [2.75, 3.05) is 25.5 Å². The van der Waals surface area contributed by atoms with Gasteiger partial charge in [-0.1, -0.05) is 24.3 Å². The molecule has 1 aliphatic heterocycles. The van der Waals surface area contributed by atoms with E-state index < -0.39 is 5.82 Å². The molecular formula is C27H27FN4O2. The third-order valence-electron chi connectivity index (χ3n) is 6.36. The maximum absolute atomic E-state index is 14.3. The molecule has 1 fully saturated rings. The van der Waals surface area contributed by atoms with E-state index in [2.05, 4.69) is 15.8 Å². The first-order valence-corrected chi connectivity index (χ1v) is 11.5. The van der Waals surface area contributed by atoms with Crippen LogP contribution in [0.25, 0.3) is 16.8 Å². The zero-order valence-corrected chi connectivity index (χ0v) is 19.3. The van der Waals surface area contributed by atoms with Crippen LogP contribution < -0.4 is 10.1 Å². The molecule has 7 heteroatoms. The van der Waals surface area contributed by atoms with E-state index in [-0.39, 0.29) is 17.6 Å². The fourth-order valence-electron chi connectivity index (χ4n) is 4.62. The molecule has 3 heterocycles. The molecule has 2 aromatic heterocycles. The number of aryl methyl sites for hydroxylation is 1. The smallest absolute Gasteiger partial charge is 0.321 e. The van der Waals surface area contributed by atoms with Gasteiger partial charge >= 0.3 is 6.03 Å². The zero-order chi connectivity index (χ0) is 23.7. The van der Waals surface area contributed by atoms with Crippen LogP contribution in [0.3, 0.4) is 0 Å². The van der Waals surface area contributed by atoms with Gasteiger partial charge in [-0.3, -0.25) is 0 Å². The van der Waals surface area contributed by atoms with Gasteiger partial charge in [-0.25, -0.2) is 14.2 Å². The minimum atomic E-state index is -0.427. The average molecular weight is 459 g/mol. The highest BCUT2D eigenvalue weighted by molar-refractivity contribution is 5.89. The molecule has 1 aliphatic rings. The number of hydrogen-bond acceptors (Lipinski definition) is 3. The van der Waals surface area contributed by atoms with Gasteiger partial charge in [-0.05, 0) is 61.7 Å². The summed E-state index contributed by atoms with van der Waals surface area (Å²) in [7, 11) is 1.65. The van der Waals surface area contributed by atoms with Gasteiger partial charge in [-0.15, -0.1) is 0 Å². The van der Waals surface area contributed by atoms with Crippen molar-refractivity contribution in [3.8, 4) is 17.0 Å². The number of fused-ring (bicyclic) bond motifs is 1. The normalized spacial score (nSPS) is 16.0. The Kier molecular flexibility index (Phi) is 5.92. The summed E-state index contributed by atoms with van der Waals surface area (Å²) >= 11 is 0. The maximum atomic E-state index is 14.3. The number of likely N-dealkylation sites (tertiary alicyclic amines) is 1. The van der Waals surface area contributed by atoms with Crippen molar-refractivity contribution in [2.45, 2.75) is 25.7 Å². The molecule has 0 spiro atoms. The second-order valence-corrected chi connectivity index (χ2v) is 8.71. The number of anilines is 1. The second kappa shape index (κ2) is 9.17. The van der Waals surface area contributed by atoms with E-state index in [9.17, 15) is 9.18 Å². The molecule has 1 atom stereocenters. The van der Waals surface area contributed by atoms with Gasteiger partial charge < -0.3 is 19.4 Å². The summed E-state index contributed by atoms with van der Waals surface area (Å²) in [6.45, 7) is 2.96. The fourth-order valence-corrected chi connectivity index (χ4v) is 4.62. The van der Waals surface area contributed by atoms with Gasteiger partial charge in [0.25, 0.3) is 0 Å². The molecule has 34 heavy (non-hydrogen) atoms. The van der Waals surface area contributed by atoms with Crippen LogP contribution in [-0.2, 0) is 0 Å². The van der Waals surface area contributed by atoms with Crippen molar-refractivity contribution in [3.05, 3.63) is 84.1 Å². The molecular weight excluding hydrogens is 431 g/mol. The molecule has 2 amide bonds. The van der Waals surface area contributed by atoms with Crippen molar-refractivity contribution in [3.63, 3.8) is 0 Å². The van der Waals surface area contributed by atoms with Crippen LogP contribution in [0.5, 0.6) is 5.75 Å². The molecule has 5 rings (SSSR count). The second-order valence-electron chi connectivity index (χ2n) is 8.71. The highest BCUT2D eigenvalue weighted by atomic mass is 19.1. The van der Waals surface area contributed by atoms with Crippen LogP contribution in [-0.4, -0.2) is 40.5 Å². The highest BCUT2D eigenvalue weighted by Crippen LogP contribution is 2.33. The first kappa shape index (κ1) is 21.9. The summed E-state index contributed by atoms with van der Waals surface area (Å²) < 4.78 is 21.8. The lowest BCUT2D eigenvalue weighted by Crippen LogP contribution is -2.42. The number of methoxy groups -OCH3 is 1. The number of hydrogen-bond donors (Lipinski definition) is 1. The summed E-state index contributed by atoms with van der Waals surface area (Å²) in [4.78, 5) is 19.8. The lowest BCUT2D eigenvalue weighted by atomic mass is 9.97. The van der Waals surface area contributed by atoms with Crippen LogP contribution in [0.2, 0.25) is 0 Å². The Morgan fingerprint density at radius 3 is 2.85 bits per heavy atom. The van der Waals surface area contributed by atoms with Crippen LogP contribution in [0.15, 0.2) is 66.9 Å². The molecule has 1 saturated heterocycles. The Morgan fingerprint density at radius 2 is 2.03 bits per heavy atom. The molecule has 6 nitrogen and oxygen atoms in total. The topological polar surface area (TPSA) is 58.9 Å². The van der Waals surface area contributed by atoms with Crippen molar-refractivity contribution in [1.29, 1.82) is 0 Å². The number of nitrogens with zero attached hydrogens (tertiary/aromatic N) is 3. The van der Waals surface area contributed by atoms with E-state index >= 15 is 0 Å². The molecule has 0 radical (unpaired) electrons. The van der Waals surface area contributed by atoms with Crippen molar-refractivity contribution >= 4 is 17.2 Å². The third kappa shape index (κ3) is 4.21. The van der Waals surface area contributed by atoms with Crippen LogP contribution >= 0.6 is 0 Å². The molecule has 0 aliphatic carbocycles. The van der Waals surface area contributed by atoms with E-state index in [0.717, 1.165) is 46.8 Å². The number of halogens is 1. The van der Waals surface area contributed by atoms with E-state index in [4.69, 9.17) is 9.72 Å². The minimum Gasteiger partial charge on any atom is -0.497 e. The summed E-state index contributed by atoms with van der Waals surface area (Å²) in [6.07, 6.45) is 3.79. The van der Waals surface area contributed by atoms with Gasteiger partial charge in [0.15, 0.2) is 0 Å². The number of pyridine rings is 1. The number of benzene rings is 2. The Hall–Kier alpha value is -3.87. The molecule has 0 bridgehead atoms. The predicted molar refractivity (Wildman–Crippen MR) is 131 cm³/mol. The maximum Gasteiger partial charge on any atom is 0.321 e. The quantitative estimate of drug-likeness (QED) is 0.416. The van der Waals surface area contributed by atoms with Gasteiger partial charge in [0, 0.05) is 30.8 Å². The van der Waals surface area contributed by atoms with E-state index in [0.29, 0.717) is 13.1 Å². The number of amides is 2. The van der Waals surface area contributed by atoms with Crippen molar-refractivity contribution < 1.29 is 13.9 Å². The Labute approximate surface area is 198 Å². The molecule has 0 saturated carbocycles. The molecule has 174 valence electrons. The standard InChI is InChI=1S/C27H27FN4O2/c1-18-11-12-23(22(28)15-18)29-27(33)31-13-6-8-20(17-31)26-30-25(24-10-3-4-14-32(24)26)19-7-5-9-21(16-19)34-2/h3-5,7,9-12,14-16,20H,6,8,13,17H2,1-2H3,(H,29,33). The Bertz CT molecular complexity index is 1350. The SMILES string of the molecule is COc1cccc(-c2nc(C3CCCN(C(=O)Nc4ccc(C)cc4F)C3)n3ccccc23)c1. The number of urea groups is 1. The average Bonchev–Trinajstić information content (AvgIpc) is 3.26. The lowest BCUT2D eigenvalue weighted by molar-refractivity contribution is 0.191. The molecule has 1 unspecified atom stereocenters. The minimum absolute atomic E-state index is 0.0663. The summed E-state index contributed by atoms with van der Waals surface area (Å²) in [6, 6.07) is 18.4. The first-order valence-electron chi connectivity index (χ1n) is 11.5. The number of carbonyl (C=O) groups excluding carboxylic acids is 1. The number of nitrogens with one attached hydrogen (secondary N) is 1. The summed E-state index contributed by atoms with van der Waals surface area (Å²) in [5, 5.41) is 2.73. The van der Waals surface area contributed by atoms with Crippen molar-refractivity contribution in [2.24, 2.45) is 0 Å². The number of aromatic nitrogens is 2. The molecule has 2 aromatic carbocycles. The Balaban J connectivity index is 1.43. The molecule has 4 aromatic rings. The highest BCUT2D eigenvalue weighted by Gasteiger charge is 2.29. The number of rotatable bonds is 4. The van der Waals surface area contributed by atoms with Crippen LogP contribution in [0.1, 0.15) is 30.1 Å². The van der Waals surface area contributed by atoms with Crippen molar-refractivity contribution in [1.82, 2.24) is 14.3 Å². The third-order valence-corrected chi connectivity index (χ3v) is 6.36. The first-order chi connectivity index (χ1) is 16.5. The zero-order valence-electron chi connectivity index (χ0n) is 19.3. The molecule has 1 N–H and O–H groups in total. The Morgan fingerprint density at radius 1 is 1.15 bits per heavy atom. The van der Waals surface area contributed by atoms with E-state index in [1.807, 2.05) is 49.5 Å². The van der Waals surface area contributed by atoms with E-state index in [1.165, 1.54) is 6.07 Å². The van der Waals surface area contributed by atoms with Crippen LogP contribution in [0.4, 0.5) is 14.9 Å². The van der Waals surface area contributed by atoms with Gasteiger partial charge in [0.1, 0.15) is 17.4 Å². The number of ether oxygens (including phenoxy) is 1. The largest absolute Gasteiger partial charge is 0.497 e.